The van der Waals surface area contributed by atoms with Gasteiger partial charge in [-0.15, -0.1) is 0 Å². The second-order valence-electron chi connectivity index (χ2n) is 12.5. The number of nitrogens with zero attached hydrogens (tertiary/aromatic N) is 2. The molecule has 2 heterocycles. The quantitative estimate of drug-likeness (QED) is 0.192. The third-order valence-electron chi connectivity index (χ3n) is 9.58. The van der Waals surface area contributed by atoms with Crippen LogP contribution in [0.1, 0.15) is 87.2 Å². The van der Waals surface area contributed by atoms with Crippen LogP contribution in [0.2, 0.25) is 0 Å². The molecule has 0 amide bonds. The fourth-order valence-corrected chi connectivity index (χ4v) is 7.29. The molecule has 228 valence electrons. The molecule has 2 aromatic carbocycles. The zero-order valence-electron chi connectivity index (χ0n) is 25.3. The summed E-state index contributed by atoms with van der Waals surface area (Å²) in [6.45, 7) is 7.77. The van der Waals surface area contributed by atoms with E-state index in [2.05, 4.69) is 9.80 Å². The van der Waals surface area contributed by atoms with E-state index in [4.69, 9.17) is 9.47 Å². The molecule has 3 aliphatic rings. The Morgan fingerprint density at radius 3 is 1.31 bits per heavy atom. The van der Waals surface area contributed by atoms with Crippen LogP contribution in [-0.4, -0.2) is 74.2 Å². The van der Waals surface area contributed by atoms with Crippen molar-refractivity contribution in [2.24, 2.45) is 11.8 Å². The van der Waals surface area contributed by atoms with Gasteiger partial charge in [0.05, 0.1) is 25.0 Å². The Balaban J connectivity index is 1.21. The summed E-state index contributed by atoms with van der Waals surface area (Å²) >= 11 is 0. The standard InChI is InChI=1S/C36H50N2O4/c39-35(41-27-15-13-25-37-21-9-3-10-22-37)33-31(29-17-5-1-6-18-29)34(32(33)30-19-7-2-8-20-30)36(40)42-28-16-14-26-38-23-11-4-12-24-38/h1-2,5-8,17-20,31-34H,3-4,9-16,21-28H2. The Hall–Kier alpha value is -2.70. The lowest BCUT2D eigenvalue weighted by Gasteiger charge is -2.49. The summed E-state index contributed by atoms with van der Waals surface area (Å²) < 4.78 is 11.8. The van der Waals surface area contributed by atoms with Gasteiger partial charge in [-0.3, -0.25) is 9.59 Å². The molecular formula is C36H50N2O4. The zero-order valence-corrected chi connectivity index (χ0v) is 25.3. The van der Waals surface area contributed by atoms with Crippen LogP contribution in [0.4, 0.5) is 0 Å². The minimum atomic E-state index is -0.409. The molecule has 6 heteroatoms. The lowest BCUT2D eigenvalue weighted by molar-refractivity contribution is -0.167. The van der Waals surface area contributed by atoms with Crippen molar-refractivity contribution < 1.29 is 19.1 Å². The summed E-state index contributed by atoms with van der Waals surface area (Å²) in [6, 6.07) is 20.0. The Kier molecular flexibility index (Phi) is 11.9. The van der Waals surface area contributed by atoms with Gasteiger partial charge in [-0.2, -0.15) is 0 Å². The first-order chi connectivity index (χ1) is 20.7. The van der Waals surface area contributed by atoms with E-state index in [0.29, 0.717) is 13.2 Å². The highest BCUT2D eigenvalue weighted by atomic mass is 16.5. The van der Waals surface area contributed by atoms with Crippen molar-refractivity contribution in [3.05, 3.63) is 71.8 Å². The minimum absolute atomic E-state index is 0.193. The number of likely N-dealkylation sites (tertiary alicyclic amines) is 2. The van der Waals surface area contributed by atoms with Gasteiger partial charge in [0.2, 0.25) is 0 Å². The number of carbonyl (C=O) groups is 2. The average Bonchev–Trinajstić information content (AvgIpc) is 3.02. The maximum absolute atomic E-state index is 13.7. The van der Waals surface area contributed by atoms with Crippen LogP contribution in [-0.2, 0) is 19.1 Å². The van der Waals surface area contributed by atoms with Crippen molar-refractivity contribution in [1.82, 2.24) is 9.80 Å². The van der Waals surface area contributed by atoms with Crippen LogP contribution in [0.25, 0.3) is 0 Å². The van der Waals surface area contributed by atoms with E-state index >= 15 is 0 Å². The molecule has 0 aromatic heterocycles. The predicted octanol–water partition coefficient (Wildman–Crippen LogP) is 6.42. The summed E-state index contributed by atoms with van der Waals surface area (Å²) in [6.07, 6.45) is 11.7. The van der Waals surface area contributed by atoms with E-state index in [9.17, 15) is 9.59 Å². The normalized spacial score (nSPS) is 25.0. The van der Waals surface area contributed by atoms with Gasteiger partial charge in [-0.25, -0.2) is 0 Å². The Morgan fingerprint density at radius 2 is 0.929 bits per heavy atom. The Morgan fingerprint density at radius 1 is 0.548 bits per heavy atom. The molecule has 0 bridgehead atoms. The molecule has 2 aliphatic heterocycles. The van der Waals surface area contributed by atoms with Crippen LogP contribution < -0.4 is 0 Å². The molecule has 1 aliphatic carbocycles. The number of hydrogen-bond acceptors (Lipinski definition) is 6. The molecule has 2 aromatic rings. The number of benzene rings is 2. The summed E-state index contributed by atoms with van der Waals surface area (Å²) in [5, 5.41) is 0. The van der Waals surface area contributed by atoms with Crippen molar-refractivity contribution in [3.63, 3.8) is 0 Å². The molecule has 0 unspecified atom stereocenters. The van der Waals surface area contributed by atoms with Gasteiger partial charge >= 0.3 is 11.9 Å². The van der Waals surface area contributed by atoms with Gasteiger partial charge in [-0.05, 0) is 102 Å². The molecule has 42 heavy (non-hydrogen) atoms. The lowest BCUT2D eigenvalue weighted by Crippen LogP contribution is -2.52. The maximum atomic E-state index is 13.7. The minimum Gasteiger partial charge on any atom is -0.465 e. The van der Waals surface area contributed by atoms with E-state index in [-0.39, 0.29) is 23.8 Å². The predicted molar refractivity (Wildman–Crippen MR) is 166 cm³/mol. The van der Waals surface area contributed by atoms with E-state index < -0.39 is 11.8 Å². The van der Waals surface area contributed by atoms with Gasteiger partial charge < -0.3 is 19.3 Å². The van der Waals surface area contributed by atoms with Crippen LogP contribution in [0.15, 0.2) is 60.7 Å². The molecular weight excluding hydrogens is 524 g/mol. The first-order valence-corrected chi connectivity index (χ1v) is 16.6. The van der Waals surface area contributed by atoms with Gasteiger partial charge in [0.25, 0.3) is 0 Å². The highest BCUT2D eigenvalue weighted by Gasteiger charge is 2.59. The van der Waals surface area contributed by atoms with E-state index in [0.717, 1.165) is 49.9 Å². The number of piperidine rings is 2. The van der Waals surface area contributed by atoms with Crippen molar-refractivity contribution in [2.75, 3.05) is 52.5 Å². The van der Waals surface area contributed by atoms with E-state index in [1.807, 2.05) is 60.7 Å². The molecule has 2 saturated heterocycles. The van der Waals surface area contributed by atoms with Crippen molar-refractivity contribution in [2.45, 2.75) is 76.0 Å². The van der Waals surface area contributed by atoms with Crippen LogP contribution in [0.5, 0.6) is 0 Å². The zero-order chi connectivity index (χ0) is 29.0. The molecule has 1 saturated carbocycles. The maximum Gasteiger partial charge on any atom is 0.310 e. The smallest absolute Gasteiger partial charge is 0.310 e. The topological polar surface area (TPSA) is 59.1 Å². The summed E-state index contributed by atoms with van der Waals surface area (Å²) in [4.78, 5) is 32.4. The van der Waals surface area contributed by atoms with Crippen LogP contribution >= 0.6 is 0 Å². The fourth-order valence-electron chi connectivity index (χ4n) is 7.29. The average molecular weight is 575 g/mol. The summed E-state index contributed by atoms with van der Waals surface area (Å²) in [7, 11) is 0. The first-order valence-electron chi connectivity index (χ1n) is 16.6. The number of hydrogen-bond donors (Lipinski definition) is 0. The van der Waals surface area contributed by atoms with Crippen molar-refractivity contribution in [3.8, 4) is 0 Å². The number of ether oxygens (including phenoxy) is 2. The molecule has 0 spiro atoms. The number of rotatable bonds is 14. The van der Waals surface area contributed by atoms with E-state index in [1.54, 1.807) is 0 Å². The van der Waals surface area contributed by atoms with Crippen LogP contribution in [0.3, 0.4) is 0 Å². The number of esters is 2. The largest absolute Gasteiger partial charge is 0.465 e. The SMILES string of the molecule is O=C(OCCCCN1CCCCC1)C1C(c2ccccc2)C(C(=O)OCCCCN2CCCCC2)C1c1ccccc1. The highest BCUT2D eigenvalue weighted by Crippen LogP contribution is 2.58. The van der Waals surface area contributed by atoms with Crippen LogP contribution in [0, 0.1) is 11.8 Å². The first kappa shape index (κ1) is 30.7. The molecule has 0 atom stereocenters. The second kappa shape index (κ2) is 16.2. The summed E-state index contributed by atoms with van der Waals surface area (Å²) in [5.74, 6) is -1.71. The van der Waals surface area contributed by atoms with Crippen molar-refractivity contribution >= 4 is 11.9 Å². The lowest BCUT2D eigenvalue weighted by atomic mass is 9.52. The van der Waals surface area contributed by atoms with E-state index in [1.165, 1.54) is 64.7 Å². The van der Waals surface area contributed by atoms with Gasteiger partial charge in [-0.1, -0.05) is 73.5 Å². The number of unbranched alkanes of at least 4 members (excludes halogenated alkanes) is 2. The summed E-state index contributed by atoms with van der Waals surface area (Å²) in [5.41, 5.74) is 2.01. The number of carbonyl (C=O) groups excluding carboxylic acids is 2. The third kappa shape index (κ3) is 8.23. The molecule has 0 N–H and O–H groups in total. The fraction of sp³-hybridized carbons (Fsp3) is 0.611. The second-order valence-corrected chi connectivity index (χ2v) is 12.5. The third-order valence-corrected chi connectivity index (χ3v) is 9.58. The Bertz CT molecular complexity index is 987. The Labute approximate surface area is 252 Å². The molecule has 0 radical (unpaired) electrons. The highest BCUT2D eigenvalue weighted by molar-refractivity contribution is 5.85. The monoisotopic (exact) mass is 574 g/mol. The molecule has 6 nitrogen and oxygen atoms in total. The molecule has 5 rings (SSSR count). The van der Waals surface area contributed by atoms with Gasteiger partial charge in [0.1, 0.15) is 0 Å². The van der Waals surface area contributed by atoms with Gasteiger partial charge in [0.15, 0.2) is 0 Å². The van der Waals surface area contributed by atoms with Crippen molar-refractivity contribution in [1.29, 1.82) is 0 Å². The molecule has 3 fully saturated rings. The van der Waals surface area contributed by atoms with Gasteiger partial charge in [0, 0.05) is 11.8 Å².